The quantitative estimate of drug-likeness (QED) is 0.875. The third-order valence-corrected chi connectivity index (χ3v) is 2.68. The van der Waals surface area contributed by atoms with Crippen molar-refractivity contribution in [2.75, 3.05) is 12.8 Å². The molecule has 2 N–H and O–H groups in total. The van der Waals surface area contributed by atoms with Gasteiger partial charge in [-0.05, 0) is 15.9 Å². The molecule has 2 rings (SSSR count). The number of anilines is 1. The van der Waals surface area contributed by atoms with Crippen LogP contribution in [0.3, 0.4) is 0 Å². The first-order valence-electron chi connectivity index (χ1n) is 5.00. The van der Waals surface area contributed by atoms with Crippen molar-refractivity contribution in [2.45, 2.75) is 0 Å². The number of rotatable bonds is 3. The SMILES string of the molecule is COc1nc(Oc2cc(F)c(N)cc2F)ncc1Br. The summed E-state index contributed by atoms with van der Waals surface area (Å²) in [4.78, 5) is 7.65. The lowest BCUT2D eigenvalue weighted by molar-refractivity contribution is 0.366. The van der Waals surface area contributed by atoms with E-state index in [9.17, 15) is 8.78 Å². The minimum atomic E-state index is -0.815. The Morgan fingerprint density at radius 2 is 2.00 bits per heavy atom. The smallest absolute Gasteiger partial charge is 0.325 e. The maximum atomic E-state index is 13.5. The number of ether oxygens (including phenoxy) is 2. The third kappa shape index (κ3) is 2.90. The lowest BCUT2D eigenvalue weighted by Gasteiger charge is -2.08. The second kappa shape index (κ2) is 5.35. The predicted octanol–water partition coefficient (Wildman–Crippen LogP) is 2.90. The Balaban J connectivity index is 2.33. The van der Waals surface area contributed by atoms with E-state index >= 15 is 0 Å². The van der Waals surface area contributed by atoms with Gasteiger partial charge in [0.2, 0.25) is 5.88 Å². The Morgan fingerprint density at radius 1 is 1.26 bits per heavy atom. The van der Waals surface area contributed by atoms with Crippen LogP contribution in [0.2, 0.25) is 0 Å². The van der Waals surface area contributed by atoms with Gasteiger partial charge in [-0.25, -0.2) is 13.8 Å². The van der Waals surface area contributed by atoms with E-state index < -0.39 is 11.6 Å². The summed E-state index contributed by atoms with van der Waals surface area (Å²) >= 11 is 3.16. The summed E-state index contributed by atoms with van der Waals surface area (Å²) in [6, 6.07) is 1.46. The fourth-order valence-corrected chi connectivity index (χ4v) is 1.60. The van der Waals surface area contributed by atoms with E-state index in [0.717, 1.165) is 12.1 Å². The van der Waals surface area contributed by atoms with Crippen LogP contribution in [0.25, 0.3) is 0 Å². The molecule has 0 aliphatic carbocycles. The van der Waals surface area contributed by atoms with Gasteiger partial charge in [-0.2, -0.15) is 4.98 Å². The van der Waals surface area contributed by atoms with Crippen LogP contribution >= 0.6 is 15.9 Å². The molecule has 0 aliphatic heterocycles. The first-order chi connectivity index (χ1) is 9.01. The maximum Gasteiger partial charge on any atom is 0.325 e. The second-order valence-corrected chi connectivity index (χ2v) is 4.27. The summed E-state index contributed by atoms with van der Waals surface area (Å²) in [5, 5.41) is 0. The van der Waals surface area contributed by atoms with Gasteiger partial charge in [0.25, 0.3) is 0 Å². The van der Waals surface area contributed by atoms with Gasteiger partial charge in [-0.1, -0.05) is 0 Å². The molecule has 0 amide bonds. The van der Waals surface area contributed by atoms with Crippen LogP contribution in [-0.2, 0) is 0 Å². The van der Waals surface area contributed by atoms with E-state index in [1.807, 2.05) is 0 Å². The van der Waals surface area contributed by atoms with Gasteiger partial charge in [-0.3, -0.25) is 0 Å². The number of nitrogen functional groups attached to an aromatic ring is 1. The average Bonchev–Trinajstić information content (AvgIpc) is 2.38. The molecular weight excluding hydrogens is 324 g/mol. The van der Waals surface area contributed by atoms with E-state index in [4.69, 9.17) is 15.2 Å². The molecule has 100 valence electrons. The summed E-state index contributed by atoms with van der Waals surface area (Å²) in [5.74, 6) is -1.76. The Bertz CT molecular complexity index is 625. The molecule has 19 heavy (non-hydrogen) atoms. The minimum absolute atomic E-state index is 0.178. The van der Waals surface area contributed by atoms with E-state index in [-0.39, 0.29) is 23.3 Å². The highest BCUT2D eigenvalue weighted by molar-refractivity contribution is 9.10. The monoisotopic (exact) mass is 331 g/mol. The van der Waals surface area contributed by atoms with Gasteiger partial charge in [0.15, 0.2) is 11.6 Å². The lowest BCUT2D eigenvalue weighted by atomic mass is 10.3. The zero-order valence-electron chi connectivity index (χ0n) is 9.65. The summed E-state index contributed by atoms with van der Waals surface area (Å²) < 4.78 is 37.2. The summed E-state index contributed by atoms with van der Waals surface area (Å²) in [6.07, 6.45) is 1.37. The number of hydrogen-bond acceptors (Lipinski definition) is 5. The molecule has 2 aromatic rings. The Hall–Kier alpha value is -1.96. The maximum absolute atomic E-state index is 13.5. The van der Waals surface area contributed by atoms with Crippen molar-refractivity contribution >= 4 is 21.6 Å². The normalized spacial score (nSPS) is 10.3. The van der Waals surface area contributed by atoms with Gasteiger partial charge in [0, 0.05) is 12.1 Å². The zero-order valence-corrected chi connectivity index (χ0v) is 11.2. The Morgan fingerprint density at radius 3 is 2.68 bits per heavy atom. The molecule has 0 aliphatic rings. The molecule has 0 atom stereocenters. The molecule has 0 saturated heterocycles. The molecule has 5 nitrogen and oxygen atoms in total. The number of aromatic nitrogens is 2. The molecule has 0 fully saturated rings. The van der Waals surface area contributed by atoms with Crippen molar-refractivity contribution in [3.05, 3.63) is 34.4 Å². The number of halogens is 3. The van der Waals surface area contributed by atoms with Crippen LogP contribution in [0, 0.1) is 11.6 Å². The fraction of sp³-hybridized carbons (Fsp3) is 0.0909. The lowest BCUT2D eigenvalue weighted by Crippen LogP contribution is -1.99. The molecule has 0 spiro atoms. The van der Waals surface area contributed by atoms with E-state index in [1.54, 1.807) is 0 Å². The van der Waals surface area contributed by atoms with Crippen molar-refractivity contribution in [1.82, 2.24) is 9.97 Å². The van der Waals surface area contributed by atoms with E-state index in [2.05, 4.69) is 25.9 Å². The molecular formula is C11H8BrF2N3O2. The second-order valence-electron chi connectivity index (χ2n) is 3.42. The van der Waals surface area contributed by atoms with Crippen LogP contribution in [0.1, 0.15) is 0 Å². The van der Waals surface area contributed by atoms with Gasteiger partial charge in [0.1, 0.15) is 5.82 Å². The van der Waals surface area contributed by atoms with Crippen LogP contribution in [-0.4, -0.2) is 17.1 Å². The van der Waals surface area contributed by atoms with Crippen LogP contribution in [0.5, 0.6) is 17.6 Å². The Labute approximate surface area is 115 Å². The number of hydrogen-bond donors (Lipinski definition) is 1. The predicted molar refractivity (Wildman–Crippen MR) is 67.1 cm³/mol. The number of nitrogens with two attached hydrogens (primary N) is 1. The number of nitrogens with zero attached hydrogens (tertiary/aromatic N) is 2. The van der Waals surface area contributed by atoms with Gasteiger partial charge in [-0.15, -0.1) is 0 Å². The van der Waals surface area contributed by atoms with Crippen molar-refractivity contribution in [1.29, 1.82) is 0 Å². The topological polar surface area (TPSA) is 70.3 Å². The van der Waals surface area contributed by atoms with Gasteiger partial charge < -0.3 is 15.2 Å². The highest BCUT2D eigenvalue weighted by Crippen LogP contribution is 2.28. The molecule has 0 saturated carbocycles. The van der Waals surface area contributed by atoms with Crippen molar-refractivity contribution in [2.24, 2.45) is 0 Å². The first-order valence-corrected chi connectivity index (χ1v) is 5.79. The van der Waals surface area contributed by atoms with Crippen LogP contribution in [0.4, 0.5) is 14.5 Å². The largest absolute Gasteiger partial charge is 0.480 e. The molecule has 1 aromatic carbocycles. The van der Waals surface area contributed by atoms with Crippen molar-refractivity contribution in [3.63, 3.8) is 0 Å². The zero-order chi connectivity index (χ0) is 14.0. The molecule has 8 heteroatoms. The number of methoxy groups -OCH3 is 1. The molecule has 1 aromatic heterocycles. The average molecular weight is 332 g/mol. The van der Waals surface area contributed by atoms with E-state index in [1.165, 1.54) is 13.3 Å². The molecule has 1 heterocycles. The minimum Gasteiger partial charge on any atom is -0.480 e. The van der Waals surface area contributed by atoms with Crippen LogP contribution in [0.15, 0.2) is 22.8 Å². The summed E-state index contributed by atoms with van der Waals surface area (Å²) in [6.45, 7) is 0. The standard InChI is InChI=1S/C11H8BrF2N3O2/c1-18-10-5(12)4-16-11(17-10)19-9-3-6(13)8(15)2-7(9)14/h2-4H,15H2,1H3. The summed E-state index contributed by atoms with van der Waals surface area (Å²) in [5.41, 5.74) is 4.91. The van der Waals surface area contributed by atoms with Crippen molar-refractivity contribution < 1.29 is 18.3 Å². The third-order valence-electron chi connectivity index (χ3n) is 2.14. The highest BCUT2D eigenvalue weighted by Gasteiger charge is 2.13. The first kappa shape index (κ1) is 13.5. The molecule has 0 radical (unpaired) electrons. The fourth-order valence-electron chi connectivity index (χ4n) is 1.25. The van der Waals surface area contributed by atoms with Gasteiger partial charge in [0.05, 0.1) is 23.5 Å². The summed E-state index contributed by atoms with van der Waals surface area (Å²) in [7, 11) is 1.40. The number of benzene rings is 1. The Kier molecular flexibility index (Phi) is 3.79. The molecule has 0 unspecified atom stereocenters. The van der Waals surface area contributed by atoms with Gasteiger partial charge >= 0.3 is 6.01 Å². The highest BCUT2D eigenvalue weighted by atomic mass is 79.9. The van der Waals surface area contributed by atoms with E-state index in [0.29, 0.717) is 4.47 Å². The van der Waals surface area contributed by atoms with Crippen LogP contribution < -0.4 is 15.2 Å². The van der Waals surface area contributed by atoms with Crippen molar-refractivity contribution in [3.8, 4) is 17.6 Å². The molecule has 0 bridgehead atoms.